The first-order valence-electron chi connectivity index (χ1n) is 9.90. The van der Waals surface area contributed by atoms with Crippen molar-refractivity contribution in [3.8, 4) is 33.9 Å². The van der Waals surface area contributed by atoms with E-state index in [1.807, 2.05) is 22.7 Å². The highest BCUT2D eigenvalue weighted by Gasteiger charge is 2.17. The van der Waals surface area contributed by atoms with Gasteiger partial charge in [0.2, 0.25) is 5.82 Å². The first-order valence-corrected chi connectivity index (χ1v) is 9.90. The maximum Gasteiger partial charge on any atom is 0.253 e. The summed E-state index contributed by atoms with van der Waals surface area (Å²) in [7, 11) is 1.61. The van der Waals surface area contributed by atoms with Gasteiger partial charge in [-0.3, -0.25) is 9.50 Å². The predicted octanol–water partition coefficient (Wildman–Crippen LogP) is 3.74. The molecule has 1 N–H and O–H groups in total. The molecule has 4 heterocycles. The Kier molecular flexibility index (Phi) is 5.44. The van der Waals surface area contributed by atoms with Crippen LogP contribution in [0.2, 0.25) is 0 Å². The Morgan fingerprint density at radius 3 is 2.88 bits per heavy atom. The Labute approximate surface area is 181 Å². The lowest BCUT2D eigenvalue weighted by atomic mass is 10.0. The Hall–Kier alpha value is -3.89. The van der Waals surface area contributed by atoms with Crippen molar-refractivity contribution in [1.82, 2.24) is 29.7 Å². The van der Waals surface area contributed by atoms with Gasteiger partial charge in [-0.25, -0.2) is 9.37 Å². The standard InChI is InChI=1S/C22H19FN6O3/c1-30-8-9-31-13-20-26-22(28-32-20)18-11-24-19-7-6-14(12-29(18)19)16-10-25-27-21(16)15-4-2-3-5-17(15)23/h2-7,10-12H,8-9,13H2,1H3,(H,25,27). The Morgan fingerprint density at radius 2 is 2.00 bits per heavy atom. The molecule has 0 unspecified atom stereocenters. The number of imidazole rings is 1. The van der Waals surface area contributed by atoms with Gasteiger partial charge in [-0.2, -0.15) is 10.1 Å². The molecule has 1 aromatic carbocycles. The summed E-state index contributed by atoms with van der Waals surface area (Å²) in [5.41, 5.74) is 4.00. The number of pyridine rings is 1. The summed E-state index contributed by atoms with van der Waals surface area (Å²) in [6.45, 7) is 1.11. The molecule has 162 valence electrons. The first-order chi connectivity index (χ1) is 15.7. The number of fused-ring (bicyclic) bond motifs is 1. The fourth-order valence-corrected chi connectivity index (χ4v) is 3.40. The molecule has 32 heavy (non-hydrogen) atoms. The molecule has 10 heteroatoms. The smallest absolute Gasteiger partial charge is 0.253 e. The summed E-state index contributed by atoms with van der Waals surface area (Å²) in [5.74, 6) is 0.426. The van der Waals surface area contributed by atoms with Crippen LogP contribution in [0.1, 0.15) is 5.89 Å². The van der Waals surface area contributed by atoms with Gasteiger partial charge in [0.25, 0.3) is 5.89 Å². The van der Waals surface area contributed by atoms with Crippen LogP contribution in [0.15, 0.2) is 59.5 Å². The van der Waals surface area contributed by atoms with Crippen LogP contribution in [0.4, 0.5) is 4.39 Å². The van der Waals surface area contributed by atoms with Crippen LogP contribution >= 0.6 is 0 Å². The predicted molar refractivity (Wildman–Crippen MR) is 113 cm³/mol. The minimum Gasteiger partial charge on any atom is -0.382 e. The Bertz CT molecular complexity index is 1360. The molecule has 0 saturated carbocycles. The molecule has 0 saturated heterocycles. The zero-order valence-corrected chi connectivity index (χ0v) is 17.2. The molecule has 0 spiro atoms. The summed E-state index contributed by atoms with van der Waals surface area (Å²) in [6, 6.07) is 10.3. The van der Waals surface area contributed by atoms with Gasteiger partial charge in [0.15, 0.2) is 0 Å². The summed E-state index contributed by atoms with van der Waals surface area (Å²) in [6.07, 6.45) is 5.23. The van der Waals surface area contributed by atoms with Gasteiger partial charge < -0.3 is 14.0 Å². The lowest BCUT2D eigenvalue weighted by Crippen LogP contribution is -2.01. The van der Waals surface area contributed by atoms with E-state index in [9.17, 15) is 4.39 Å². The SMILES string of the molecule is COCCOCc1nc(-c2cnc3ccc(-c4cn[nH]c4-c4ccccc4F)cn23)no1. The number of H-pyrrole nitrogens is 1. The summed E-state index contributed by atoms with van der Waals surface area (Å²) >= 11 is 0. The van der Waals surface area contributed by atoms with Crippen molar-refractivity contribution in [3.63, 3.8) is 0 Å². The number of hydrogen-bond donors (Lipinski definition) is 1. The van der Waals surface area contributed by atoms with E-state index in [-0.39, 0.29) is 12.4 Å². The molecule has 0 aliphatic heterocycles. The molecule has 0 bridgehead atoms. The number of rotatable bonds is 8. The minimum absolute atomic E-state index is 0.194. The highest BCUT2D eigenvalue weighted by Crippen LogP contribution is 2.32. The van der Waals surface area contributed by atoms with Gasteiger partial charge in [0.1, 0.15) is 23.8 Å². The van der Waals surface area contributed by atoms with E-state index in [0.29, 0.717) is 47.5 Å². The number of methoxy groups -OCH3 is 1. The minimum atomic E-state index is -0.325. The topological polar surface area (TPSA) is 103 Å². The van der Waals surface area contributed by atoms with Crippen molar-refractivity contribution in [3.05, 3.63) is 66.7 Å². The molecule has 5 rings (SSSR count). The molecule has 0 aliphatic carbocycles. The highest BCUT2D eigenvalue weighted by molar-refractivity contribution is 5.81. The molecule has 0 atom stereocenters. The second-order valence-electron chi connectivity index (χ2n) is 6.99. The van der Waals surface area contributed by atoms with E-state index in [1.54, 1.807) is 37.7 Å². The van der Waals surface area contributed by atoms with Gasteiger partial charge in [-0.1, -0.05) is 17.3 Å². The van der Waals surface area contributed by atoms with Crippen molar-refractivity contribution in [1.29, 1.82) is 0 Å². The molecule has 5 aromatic rings. The quantitative estimate of drug-likeness (QED) is 0.371. The maximum atomic E-state index is 14.4. The van der Waals surface area contributed by atoms with Crippen LogP contribution in [0.5, 0.6) is 0 Å². The summed E-state index contributed by atoms with van der Waals surface area (Å²) < 4.78 is 31.9. The average molecular weight is 434 g/mol. The molecule has 0 aliphatic rings. The number of halogens is 1. The summed E-state index contributed by atoms with van der Waals surface area (Å²) in [5, 5.41) is 11.1. The van der Waals surface area contributed by atoms with E-state index in [0.717, 1.165) is 11.1 Å². The number of nitrogens with zero attached hydrogens (tertiary/aromatic N) is 5. The largest absolute Gasteiger partial charge is 0.382 e. The van der Waals surface area contributed by atoms with Crippen LogP contribution in [0, 0.1) is 5.82 Å². The van der Waals surface area contributed by atoms with E-state index in [2.05, 4.69) is 25.3 Å². The van der Waals surface area contributed by atoms with E-state index < -0.39 is 0 Å². The van der Waals surface area contributed by atoms with E-state index >= 15 is 0 Å². The number of hydrogen-bond acceptors (Lipinski definition) is 7. The van der Waals surface area contributed by atoms with Crippen molar-refractivity contribution in [2.45, 2.75) is 6.61 Å². The number of aromatic amines is 1. The first kappa shape index (κ1) is 20.0. The molecular formula is C22H19FN6O3. The third kappa shape index (κ3) is 3.77. The fourth-order valence-electron chi connectivity index (χ4n) is 3.40. The lowest BCUT2D eigenvalue weighted by Gasteiger charge is -2.06. The maximum absolute atomic E-state index is 14.4. The normalized spacial score (nSPS) is 11.4. The molecule has 4 aromatic heterocycles. The number of nitrogens with one attached hydrogen (secondary N) is 1. The summed E-state index contributed by atoms with van der Waals surface area (Å²) in [4.78, 5) is 8.82. The van der Waals surface area contributed by atoms with Crippen LogP contribution in [0.3, 0.4) is 0 Å². The van der Waals surface area contributed by atoms with Gasteiger partial charge in [0.05, 0.1) is 31.3 Å². The zero-order valence-electron chi connectivity index (χ0n) is 17.2. The average Bonchev–Trinajstić information content (AvgIpc) is 3.55. The van der Waals surface area contributed by atoms with Gasteiger partial charge in [-0.05, 0) is 24.3 Å². The molecule has 0 radical (unpaired) electrons. The third-order valence-electron chi connectivity index (χ3n) is 4.95. The third-order valence-corrected chi connectivity index (χ3v) is 4.95. The zero-order chi connectivity index (χ0) is 21.9. The van der Waals surface area contributed by atoms with Crippen molar-refractivity contribution >= 4 is 5.65 Å². The highest BCUT2D eigenvalue weighted by atomic mass is 19.1. The number of benzene rings is 1. The van der Waals surface area contributed by atoms with Crippen molar-refractivity contribution < 1.29 is 18.4 Å². The van der Waals surface area contributed by atoms with Crippen LogP contribution < -0.4 is 0 Å². The van der Waals surface area contributed by atoms with E-state index in [4.69, 9.17) is 14.0 Å². The second-order valence-corrected chi connectivity index (χ2v) is 6.99. The van der Waals surface area contributed by atoms with Crippen molar-refractivity contribution in [2.24, 2.45) is 0 Å². The van der Waals surface area contributed by atoms with Gasteiger partial charge >= 0.3 is 0 Å². The number of aromatic nitrogens is 6. The number of ether oxygens (including phenoxy) is 2. The fraction of sp³-hybridized carbons (Fsp3) is 0.182. The van der Waals surface area contributed by atoms with Crippen molar-refractivity contribution in [2.75, 3.05) is 20.3 Å². The molecule has 0 amide bonds. The lowest BCUT2D eigenvalue weighted by molar-refractivity contribution is 0.0494. The van der Waals surface area contributed by atoms with Gasteiger partial charge in [-0.15, -0.1) is 0 Å². The monoisotopic (exact) mass is 434 g/mol. The molecule has 9 nitrogen and oxygen atoms in total. The van der Waals surface area contributed by atoms with Crippen LogP contribution in [0.25, 0.3) is 39.5 Å². The van der Waals surface area contributed by atoms with Gasteiger partial charge in [0, 0.05) is 30.0 Å². The second kappa shape index (κ2) is 8.69. The Balaban J connectivity index is 1.48. The molecular weight excluding hydrogens is 415 g/mol. The molecule has 0 fully saturated rings. The van der Waals surface area contributed by atoms with Crippen LogP contribution in [-0.4, -0.2) is 50.0 Å². The Morgan fingerprint density at radius 1 is 1.09 bits per heavy atom. The van der Waals surface area contributed by atoms with E-state index in [1.165, 1.54) is 6.07 Å². The van der Waals surface area contributed by atoms with Crippen LogP contribution in [-0.2, 0) is 16.1 Å².